The number of carbonyl (C=O) groups excluding carboxylic acids is 1. The van der Waals surface area contributed by atoms with Gasteiger partial charge in [-0.15, -0.1) is 11.6 Å². The van der Waals surface area contributed by atoms with Crippen molar-refractivity contribution in [2.75, 3.05) is 24.5 Å². The van der Waals surface area contributed by atoms with Crippen molar-refractivity contribution < 1.29 is 9.53 Å². The zero-order chi connectivity index (χ0) is 18.7. The molecule has 0 radical (unpaired) electrons. The maximum Gasteiger partial charge on any atom is 0.240 e. The van der Waals surface area contributed by atoms with Crippen LogP contribution < -0.4 is 9.64 Å². The second kappa shape index (κ2) is 7.91. The van der Waals surface area contributed by atoms with E-state index >= 15 is 0 Å². The molecule has 2 heterocycles. The number of aromatic nitrogens is 2. The van der Waals surface area contributed by atoms with Crippen molar-refractivity contribution in [2.45, 2.75) is 32.2 Å². The van der Waals surface area contributed by atoms with Crippen molar-refractivity contribution in [1.82, 2.24) is 14.9 Å². The average Bonchev–Trinajstić information content (AvgIpc) is 2.61. The molecule has 0 aliphatic carbocycles. The van der Waals surface area contributed by atoms with Crippen molar-refractivity contribution >= 4 is 23.3 Å². The number of alkyl halides is 1. The molecule has 1 aromatic heterocycles. The molecule has 2 atom stereocenters. The third kappa shape index (κ3) is 4.25. The molecule has 138 valence electrons. The van der Waals surface area contributed by atoms with Crippen molar-refractivity contribution in [3.8, 4) is 11.6 Å². The van der Waals surface area contributed by atoms with Crippen LogP contribution in [0.5, 0.6) is 11.6 Å². The molecular weight excluding hydrogens is 352 g/mol. The SMILES string of the molecule is Cc1cccc(Oc2cc(N3CCN(C(=O)C(C)Cl)C(C)C3)ncn2)c1. The van der Waals surface area contributed by atoms with E-state index in [1.807, 2.05) is 49.1 Å². The summed E-state index contributed by atoms with van der Waals surface area (Å²) in [7, 11) is 0. The topological polar surface area (TPSA) is 58.6 Å². The number of benzene rings is 1. The summed E-state index contributed by atoms with van der Waals surface area (Å²) in [5.41, 5.74) is 1.12. The van der Waals surface area contributed by atoms with Gasteiger partial charge in [-0.25, -0.2) is 9.97 Å². The monoisotopic (exact) mass is 374 g/mol. The number of halogens is 1. The minimum absolute atomic E-state index is 0.0232. The fourth-order valence-electron chi connectivity index (χ4n) is 3.08. The van der Waals surface area contributed by atoms with Crippen LogP contribution in [0.1, 0.15) is 19.4 Å². The van der Waals surface area contributed by atoms with Gasteiger partial charge in [-0.3, -0.25) is 4.79 Å². The molecule has 26 heavy (non-hydrogen) atoms. The van der Waals surface area contributed by atoms with Gasteiger partial charge in [0.15, 0.2) is 0 Å². The number of anilines is 1. The lowest BCUT2D eigenvalue weighted by molar-refractivity contribution is -0.132. The van der Waals surface area contributed by atoms with Crippen LogP contribution in [0.4, 0.5) is 5.82 Å². The Balaban J connectivity index is 1.70. The molecule has 7 heteroatoms. The maximum absolute atomic E-state index is 12.2. The van der Waals surface area contributed by atoms with Crippen molar-refractivity contribution in [3.63, 3.8) is 0 Å². The predicted octanol–water partition coefficient (Wildman–Crippen LogP) is 3.24. The summed E-state index contributed by atoms with van der Waals surface area (Å²) in [5, 5.41) is -0.502. The molecule has 2 aromatic rings. The van der Waals surface area contributed by atoms with E-state index in [1.165, 1.54) is 6.33 Å². The highest BCUT2D eigenvalue weighted by molar-refractivity contribution is 6.30. The lowest BCUT2D eigenvalue weighted by atomic mass is 10.1. The molecule has 3 rings (SSSR count). The van der Waals surface area contributed by atoms with Crippen LogP contribution >= 0.6 is 11.6 Å². The Morgan fingerprint density at radius 2 is 2.12 bits per heavy atom. The number of hydrogen-bond donors (Lipinski definition) is 0. The van der Waals surface area contributed by atoms with Crippen LogP contribution in [0, 0.1) is 6.92 Å². The summed E-state index contributed by atoms with van der Waals surface area (Å²) < 4.78 is 5.85. The summed E-state index contributed by atoms with van der Waals surface area (Å²) in [4.78, 5) is 24.7. The number of rotatable bonds is 4. The first kappa shape index (κ1) is 18.5. The zero-order valence-electron chi connectivity index (χ0n) is 15.2. The van der Waals surface area contributed by atoms with Crippen LogP contribution in [0.2, 0.25) is 0 Å². The van der Waals surface area contributed by atoms with Gasteiger partial charge in [0, 0.05) is 31.7 Å². The Kier molecular flexibility index (Phi) is 5.61. The molecular formula is C19H23ClN4O2. The number of piperazine rings is 1. The van der Waals surface area contributed by atoms with E-state index in [1.54, 1.807) is 6.92 Å². The molecule has 1 amide bonds. The van der Waals surface area contributed by atoms with Crippen LogP contribution in [0.25, 0.3) is 0 Å². The van der Waals surface area contributed by atoms with Crippen molar-refractivity contribution in [1.29, 1.82) is 0 Å². The number of nitrogens with zero attached hydrogens (tertiary/aromatic N) is 4. The molecule has 1 aliphatic rings. The zero-order valence-corrected chi connectivity index (χ0v) is 16.0. The largest absolute Gasteiger partial charge is 0.439 e. The van der Waals surface area contributed by atoms with Gasteiger partial charge in [-0.05, 0) is 38.5 Å². The number of aryl methyl sites for hydroxylation is 1. The Morgan fingerprint density at radius 1 is 1.31 bits per heavy atom. The third-order valence-electron chi connectivity index (χ3n) is 4.41. The molecule has 0 bridgehead atoms. The normalized spacial score (nSPS) is 18.5. The lowest BCUT2D eigenvalue weighted by Gasteiger charge is -2.40. The van der Waals surface area contributed by atoms with Crippen LogP contribution in [0.15, 0.2) is 36.7 Å². The lowest BCUT2D eigenvalue weighted by Crippen LogP contribution is -2.55. The molecule has 0 N–H and O–H groups in total. The van der Waals surface area contributed by atoms with Gasteiger partial charge in [-0.2, -0.15) is 0 Å². The number of ether oxygens (including phenoxy) is 1. The molecule has 0 spiro atoms. The van der Waals surface area contributed by atoms with Gasteiger partial charge in [0.2, 0.25) is 11.8 Å². The smallest absolute Gasteiger partial charge is 0.240 e. The Hall–Kier alpha value is -2.34. The molecule has 0 saturated carbocycles. The minimum atomic E-state index is -0.502. The summed E-state index contributed by atoms with van der Waals surface area (Å²) >= 11 is 5.95. The van der Waals surface area contributed by atoms with E-state index in [0.717, 1.165) is 17.1 Å². The van der Waals surface area contributed by atoms with Crippen molar-refractivity contribution in [3.05, 3.63) is 42.2 Å². The highest BCUT2D eigenvalue weighted by Gasteiger charge is 2.30. The molecule has 1 fully saturated rings. The van der Waals surface area contributed by atoms with E-state index < -0.39 is 5.38 Å². The number of carbonyl (C=O) groups is 1. The molecule has 1 aliphatic heterocycles. The summed E-state index contributed by atoms with van der Waals surface area (Å²) in [6, 6.07) is 9.71. The Labute approximate surface area is 158 Å². The van der Waals surface area contributed by atoms with E-state index in [-0.39, 0.29) is 11.9 Å². The molecule has 2 unspecified atom stereocenters. The van der Waals surface area contributed by atoms with Crippen LogP contribution in [0.3, 0.4) is 0 Å². The van der Waals surface area contributed by atoms with Crippen LogP contribution in [-0.2, 0) is 4.79 Å². The van der Waals surface area contributed by atoms with E-state index in [0.29, 0.717) is 25.5 Å². The van der Waals surface area contributed by atoms with Gasteiger partial charge >= 0.3 is 0 Å². The average molecular weight is 375 g/mol. The van der Waals surface area contributed by atoms with E-state index in [4.69, 9.17) is 16.3 Å². The second-order valence-electron chi connectivity index (χ2n) is 6.58. The quantitative estimate of drug-likeness (QED) is 0.769. The Bertz CT molecular complexity index is 784. The fraction of sp³-hybridized carbons (Fsp3) is 0.421. The van der Waals surface area contributed by atoms with E-state index in [2.05, 4.69) is 14.9 Å². The maximum atomic E-state index is 12.2. The van der Waals surface area contributed by atoms with Gasteiger partial charge in [0.05, 0.1) is 0 Å². The van der Waals surface area contributed by atoms with Crippen LogP contribution in [-0.4, -0.2) is 51.8 Å². The second-order valence-corrected chi connectivity index (χ2v) is 7.23. The van der Waals surface area contributed by atoms with E-state index in [9.17, 15) is 4.79 Å². The summed E-state index contributed by atoms with van der Waals surface area (Å²) in [6.07, 6.45) is 1.50. The minimum Gasteiger partial charge on any atom is -0.439 e. The summed E-state index contributed by atoms with van der Waals surface area (Å²) in [6.45, 7) is 7.76. The van der Waals surface area contributed by atoms with Gasteiger partial charge in [0.1, 0.15) is 23.3 Å². The molecule has 1 saturated heterocycles. The predicted molar refractivity (Wildman–Crippen MR) is 102 cm³/mol. The fourth-order valence-corrected chi connectivity index (χ4v) is 3.21. The van der Waals surface area contributed by atoms with Crippen molar-refractivity contribution in [2.24, 2.45) is 0 Å². The third-order valence-corrected chi connectivity index (χ3v) is 4.60. The van der Waals surface area contributed by atoms with Gasteiger partial charge in [-0.1, -0.05) is 12.1 Å². The number of amides is 1. The van der Waals surface area contributed by atoms with Gasteiger partial charge < -0.3 is 14.5 Å². The molecule has 1 aromatic carbocycles. The first-order chi connectivity index (χ1) is 12.4. The first-order valence-corrected chi connectivity index (χ1v) is 9.14. The Morgan fingerprint density at radius 3 is 2.81 bits per heavy atom. The van der Waals surface area contributed by atoms with Gasteiger partial charge in [0.25, 0.3) is 0 Å². The first-order valence-electron chi connectivity index (χ1n) is 8.70. The number of hydrogen-bond acceptors (Lipinski definition) is 5. The molecule has 6 nitrogen and oxygen atoms in total. The summed E-state index contributed by atoms with van der Waals surface area (Å²) in [5.74, 6) is 2.01. The highest BCUT2D eigenvalue weighted by atomic mass is 35.5. The highest BCUT2D eigenvalue weighted by Crippen LogP contribution is 2.24. The standard InChI is InChI=1S/C19H23ClN4O2/c1-13-5-4-6-16(9-13)26-18-10-17(21-12-22-18)23-7-8-24(14(2)11-23)19(25)15(3)20/h4-6,9-10,12,14-15H,7-8,11H2,1-3H3.